The van der Waals surface area contributed by atoms with Crippen molar-refractivity contribution in [3.05, 3.63) is 28.2 Å². The van der Waals surface area contributed by atoms with E-state index in [2.05, 4.69) is 21.2 Å². The summed E-state index contributed by atoms with van der Waals surface area (Å²) < 4.78 is 0.884. The van der Waals surface area contributed by atoms with Crippen LogP contribution in [0.5, 0.6) is 0 Å². The van der Waals surface area contributed by atoms with Gasteiger partial charge in [-0.05, 0) is 38.0 Å². The van der Waals surface area contributed by atoms with Crippen LogP contribution in [-0.4, -0.2) is 11.4 Å². The molecule has 0 bridgehead atoms. The van der Waals surface area contributed by atoms with Gasteiger partial charge in [0.2, 0.25) is 0 Å². The molecule has 1 saturated carbocycles. The van der Waals surface area contributed by atoms with E-state index in [4.69, 9.17) is 5.73 Å². The summed E-state index contributed by atoms with van der Waals surface area (Å²) in [7, 11) is 0. The lowest BCUT2D eigenvalue weighted by molar-refractivity contribution is 0.0936. The summed E-state index contributed by atoms with van der Waals surface area (Å²) in [6, 6.07) is 5.30. The Balaban J connectivity index is 2.18. The minimum Gasteiger partial charge on any atom is -0.398 e. The molecule has 0 heterocycles. The Kier molecular flexibility index (Phi) is 2.46. The maximum absolute atomic E-state index is 11.8. The average Bonchev–Trinajstić information content (AvgIpc) is 2.82. The summed E-state index contributed by atoms with van der Waals surface area (Å²) in [6.45, 7) is 2.04. The van der Waals surface area contributed by atoms with Crippen molar-refractivity contribution in [1.82, 2.24) is 5.32 Å². The van der Waals surface area contributed by atoms with Crippen LogP contribution < -0.4 is 11.1 Å². The number of amides is 1. The molecule has 1 aliphatic carbocycles. The van der Waals surface area contributed by atoms with Crippen LogP contribution in [0.3, 0.4) is 0 Å². The van der Waals surface area contributed by atoms with Gasteiger partial charge in [0.25, 0.3) is 5.91 Å². The second-order valence-corrected chi connectivity index (χ2v) is 5.16. The molecule has 15 heavy (non-hydrogen) atoms. The molecule has 1 fully saturated rings. The summed E-state index contributed by atoms with van der Waals surface area (Å²) in [6.07, 6.45) is 2.10. The first-order chi connectivity index (χ1) is 7.00. The normalized spacial score (nSPS) is 17.2. The number of rotatable bonds is 2. The number of hydrogen-bond acceptors (Lipinski definition) is 2. The fourth-order valence-electron chi connectivity index (χ4n) is 1.39. The molecule has 2 rings (SSSR count). The zero-order valence-corrected chi connectivity index (χ0v) is 10.1. The number of benzene rings is 1. The van der Waals surface area contributed by atoms with Gasteiger partial charge in [0.05, 0.1) is 5.56 Å². The van der Waals surface area contributed by atoms with E-state index in [-0.39, 0.29) is 11.4 Å². The van der Waals surface area contributed by atoms with Crippen LogP contribution in [-0.2, 0) is 0 Å². The van der Waals surface area contributed by atoms with E-state index >= 15 is 0 Å². The van der Waals surface area contributed by atoms with Crippen molar-refractivity contribution in [1.29, 1.82) is 0 Å². The topological polar surface area (TPSA) is 55.1 Å². The van der Waals surface area contributed by atoms with Gasteiger partial charge < -0.3 is 11.1 Å². The largest absolute Gasteiger partial charge is 0.398 e. The zero-order valence-electron chi connectivity index (χ0n) is 8.51. The number of halogens is 1. The molecule has 4 heteroatoms. The molecule has 3 nitrogen and oxygen atoms in total. The van der Waals surface area contributed by atoms with Crippen LogP contribution in [0.25, 0.3) is 0 Å². The summed E-state index contributed by atoms with van der Waals surface area (Å²) >= 11 is 3.31. The van der Waals surface area contributed by atoms with Crippen LogP contribution in [0.4, 0.5) is 5.69 Å². The van der Waals surface area contributed by atoms with E-state index in [1.54, 1.807) is 12.1 Å². The Morgan fingerprint density at radius 2 is 2.20 bits per heavy atom. The van der Waals surface area contributed by atoms with Gasteiger partial charge in [0.15, 0.2) is 0 Å². The van der Waals surface area contributed by atoms with Gasteiger partial charge in [-0.25, -0.2) is 0 Å². The van der Waals surface area contributed by atoms with Crippen molar-refractivity contribution in [3.63, 3.8) is 0 Å². The molecule has 0 radical (unpaired) electrons. The number of nitrogens with one attached hydrogen (secondary N) is 1. The summed E-state index contributed by atoms with van der Waals surface area (Å²) in [4.78, 5) is 11.8. The number of carbonyl (C=O) groups excluding carboxylic acids is 1. The minimum atomic E-state index is -0.0833. The molecular weight excluding hydrogens is 256 g/mol. The maximum atomic E-state index is 11.8. The molecule has 1 aromatic rings. The van der Waals surface area contributed by atoms with Crippen molar-refractivity contribution < 1.29 is 4.79 Å². The molecule has 0 aromatic heterocycles. The highest BCUT2D eigenvalue weighted by Gasteiger charge is 2.38. The van der Waals surface area contributed by atoms with Crippen molar-refractivity contribution in [2.24, 2.45) is 0 Å². The van der Waals surface area contributed by atoms with Crippen LogP contribution in [0.1, 0.15) is 30.1 Å². The lowest BCUT2D eigenvalue weighted by Gasteiger charge is -2.12. The number of anilines is 1. The number of nitrogen functional groups attached to an aromatic ring is 1. The van der Waals surface area contributed by atoms with Gasteiger partial charge in [-0.1, -0.05) is 15.9 Å². The smallest absolute Gasteiger partial charge is 0.253 e. The highest BCUT2D eigenvalue weighted by atomic mass is 79.9. The highest BCUT2D eigenvalue weighted by Crippen LogP contribution is 2.34. The molecule has 0 atom stereocenters. The minimum absolute atomic E-state index is 0.00338. The number of hydrogen-bond donors (Lipinski definition) is 2. The fraction of sp³-hybridized carbons (Fsp3) is 0.364. The predicted octanol–water partition coefficient (Wildman–Crippen LogP) is 2.31. The summed E-state index contributed by atoms with van der Waals surface area (Å²) in [5.41, 5.74) is 6.82. The number of nitrogens with two attached hydrogens (primary N) is 1. The molecule has 0 spiro atoms. The lowest BCUT2D eigenvalue weighted by atomic mass is 10.1. The fourth-order valence-corrected chi connectivity index (χ4v) is 1.77. The Morgan fingerprint density at radius 1 is 1.53 bits per heavy atom. The van der Waals surface area contributed by atoms with Gasteiger partial charge in [-0.2, -0.15) is 0 Å². The van der Waals surface area contributed by atoms with Gasteiger partial charge in [0.1, 0.15) is 0 Å². The van der Waals surface area contributed by atoms with E-state index in [0.717, 1.165) is 17.3 Å². The van der Waals surface area contributed by atoms with Crippen molar-refractivity contribution in [2.45, 2.75) is 25.3 Å². The van der Waals surface area contributed by atoms with Crippen LogP contribution in [0.15, 0.2) is 22.7 Å². The Morgan fingerprint density at radius 3 is 2.73 bits per heavy atom. The highest BCUT2D eigenvalue weighted by molar-refractivity contribution is 9.10. The summed E-state index contributed by atoms with van der Waals surface area (Å²) in [5.74, 6) is -0.0833. The van der Waals surface area contributed by atoms with Crippen LogP contribution in [0, 0.1) is 0 Å². The molecular formula is C11H13BrN2O. The molecule has 0 aliphatic heterocycles. The van der Waals surface area contributed by atoms with E-state index in [9.17, 15) is 4.79 Å². The molecule has 1 aromatic carbocycles. The van der Waals surface area contributed by atoms with E-state index in [0.29, 0.717) is 11.3 Å². The Labute approximate surface area is 97.2 Å². The van der Waals surface area contributed by atoms with Crippen LogP contribution >= 0.6 is 15.9 Å². The Bertz CT molecular complexity index is 413. The third-order valence-corrected chi connectivity index (χ3v) is 3.17. The first-order valence-corrected chi connectivity index (χ1v) is 5.67. The molecule has 3 N–H and O–H groups in total. The van der Waals surface area contributed by atoms with Crippen molar-refractivity contribution in [2.75, 3.05) is 5.73 Å². The summed E-state index contributed by atoms with van der Waals surface area (Å²) in [5, 5.41) is 2.97. The number of carbonyl (C=O) groups is 1. The second kappa shape index (κ2) is 3.52. The van der Waals surface area contributed by atoms with E-state index < -0.39 is 0 Å². The molecule has 0 unspecified atom stereocenters. The molecule has 1 amide bonds. The van der Waals surface area contributed by atoms with E-state index in [1.165, 1.54) is 0 Å². The quantitative estimate of drug-likeness (QED) is 0.809. The average molecular weight is 269 g/mol. The predicted molar refractivity (Wildman–Crippen MR) is 63.7 cm³/mol. The third-order valence-electron chi connectivity index (χ3n) is 2.67. The first kappa shape index (κ1) is 10.5. The SMILES string of the molecule is CC1(NC(=O)c2ccc(Br)cc2N)CC1. The first-order valence-electron chi connectivity index (χ1n) is 4.88. The standard InChI is InChI=1S/C11H13BrN2O/c1-11(4-5-11)14-10(15)8-3-2-7(12)6-9(8)13/h2-3,6H,4-5,13H2,1H3,(H,14,15). The zero-order chi connectivity index (χ0) is 11.1. The van der Waals surface area contributed by atoms with Crippen molar-refractivity contribution >= 4 is 27.5 Å². The molecule has 1 aliphatic rings. The Hall–Kier alpha value is -1.03. The van der Waals surface area contributed by atoms with Gasteiger partial charge >= 0.3 is 0 Å². The van der Waals surface area contributed by atoms with Gasteiger partial charge in [0, 0.05) is 15.7 Å². The second-order valence-electron chi connectivity index (χ2n) is 4.25. The van der Waals surface area contributed by atoms with Gasteiger partial charge in [-0.3, -0.25) is 4.79 Å². The van der Waals surface area contributed by atoms with Gasteiger partial charge in [-0.15, -0.1) is 0 Å². The van der Waals surface area contributed by atoms with E-state index in [1.807, 2.05) is 13.0 Å². The van der Waals surface area contributed by atoms with Crippen molar-refractivity contribution in [3.8, 4) is 0 Å². The maximum Gasteiger partial charge on any atom is 0.253 e. The monoisotopic (exact) mass is 268 g/mol. The molecule has 0 saturated heterocycles. The third kappa shape index (κ3) is 2.31. The van der Waals surface area contributed by atoms with Crippen LogP contribution in [0.2, 0.25) is 0 Å². The lowest BCUT2D eigenvalue weighted by Crippen LogP contribution is -2.34. The molecule has 80 valence electrons.